The van der Waals surface area contributed by atoms with E-state index in [0.29, 0.717) is 0 Å². The molecule has 0 fully saturated rings. The molecule has 0 aliphatic heterocycles. The molecule has 2 heterocycles. The van der Waals surface area contributed by atoms with Crippen LogP contribution in [0.1, 0.15) is 24.0 Å². The van der Waals surface area contributed by atoms with Gasteiger partial charge in [-0.1, -0.05) is 121 Å². The lowest BCUT2D eigenvalue weighted by Crippen LogP contribution is -2.19. The molecule has 53 heavy (non-hydrogen) atoms. The smallest absolute Gasteiger partial charge is 0.0637 e. The van der Waals surface area contributed by atoms with Crippen LogP contribution in [0.3, 0.4) is 0 Å². The second kappa shape index (κ2) is 11.0. The SMILES string of the molecule is C1=C2C(=C(N(c3ccc4c5ccccc5n(-c5ccccc5)c4c3)c3cccc4c3sc3ccccc34)CC1)c1cccc3cc4ccccc4c2c13. The van der Waals surface area contributed by atoms with E-state index in [9.17, 15) is 0 Å². The van der Waals surface area contributed by atoms with Crippen molar-refractivity contribution in [3.8, 4) is 5.69 Å². The molecule has 0 spiro atoms. The molecule has 0 radical (unpaired) electrons. The van der Waals surface area contributed by atoms with Gasteiger partial charge >= 0.3 is 0 Å². The molecule has 10 aromatic rings. The fraction of sp³-hybridized carbons (Fsp3) is 0.0400. The number of aromatic nitrogens is 1. The molecule has 0 saturated heterocycles. The zero-order chi connectivity index (χ0) is 34.6. The van der Waals surface area contributed by atoms with Gasteiger partial charge in [0.15, 0.2) is 0 Å². The monoisotopic (exact) mass is 692 g/mol. The number of hydrogen-bond donors (Lipinski definition) is 0. The number of thiophene rings is 1. The highest BCUT2D eigenvalue weighted by molar-refractivity contribution is 7.26. The van der Waals surface area contributed by atoms with E-state index in [1.807, 2.05) is 11.3 Å². The van der Waals surface area contributed by atoms with Crippen molar-refractivity contribution >= 4 is 97.4 Å². The highest BCUT2D eigenvalue weighted by Crippen LogP contribution is 2.55. The van der Waals surface area contributed by atoms with Gasteiger partial charge in [-0.3, -0.25) is 0 Å². The van der Waals surface area contributed by atoms with E-state index >= 15 is 0 Å². The Balaban J connectivity index is 1.20. The fourth-order valence-electron chi connectivity index (χ4n) is 9.40. The summed E-state index contributed by atoms with van der Waals surface area (Å²) in [4.78, 5) is 2.62. The summed E-state index contributed by atoms with van der Waals surface area (Å²) in [5, 5.41) is 10.5. The van der Waals surface area contributed by atoms with Crippen LogP contribution >= 0.6 is 11.3 Å². The van der Waals surface area contributed by atoms with Crippen molar-refractivity contribution in [1.82, 2.24) is 4.57 Å². The molecule has 0 unspecified atom stereocenters. The van der Waals surface area contributed by atoms with E-state index in [1.54, 1.807) is 0 Å². The van der Waals surface area contributed by atoms with E-state index in [0.717, 1.165) is 12.8 Å². The van der Waals surface area contributed by atoms with Gasteiger partial charge in [-0.05, 0) is 99.6 Å². The summed E-state index contributed by atoms with van der Waals surface area (Å²) in [6, 6.07) is 60.8. The first-order chi connectivity index (χ1) is 26.3. The first-order valence-electron chi connectivity index (χ1n) is 18.5. The van der Waals surface area contributed by atoms with Crippen LogP contribution in [0, 0.1) is 0 Å². The van der Waals surface area contributed by atoms with Crippen molar-refractivity contribution in [2.75, 3.05) is 4.90 Å². The molecule has 8 aromatic carbocycles. The molecule has 0 bridgehead atoms. The standard InChI is InChI=1S/C50H32N2S/c1-2-15-33(16-3-1)51-42-23-8-6-18-36(42)37-28-27-34(30-45(37)51)52(44-25-11-20-39-38-19-7-9-26-46(38)53-50(39)44)43-24-12-22-41-48(43)40-21-10-14-32-29-31-13-4-5-17-35(31)49(41)47(32)40/h1-11,13-23,25-30H,12,24H2. The minimum atomic E-state index is 0.947. The third-order valence-electron chi connectivity index (χ3n) is 11.5. The largest absolute Gasteiger partial charge is 0.312 e. The van der Waals surface area contributed by atoms with Gasteiger partial charge in [-0.15, -0.1) is 11.3 Å². The lowest BCUT2D eigenvalue weighted by molar-refractivity contribution is 0.931. The van der Waals surface area contributed by atoms with Crippen molar-refractivity contribution in [3.63, 3.8) is 0 Å². The zero-order valence-electron chi connectivity index (χ0n) is 28.9. The zero-order valence-corrected chi connectivity index (χ0v) is 29.7. The minimum absolute atomic E-state index is 0.947. The van der Waals surface area contributed by atoms with Crippen LogP contribution in [-0.2, 0) is 0 Å². The van der Waals surface area contributed by atoms with E-state index in [1.165, 1.54) is 109 Å². The van der Waals surface area contributed by atoms with Crippen LogP contribution in [-0.4, -0.2) is 4.57 Å². The number of hydrogen-bond acceptors (Lipinski definition) is 2. The molecule has 3 heteroatoms. The minimum Gasteiger partial charge on any atom is -0.312 e. The summed E-state index contributed by atoms with van der Waals surface area (Å²) in [7, 11) is 0. The highest BCUT2D eigenvalue weighted by atomic mass is 32.1. The van der Waals surface area contributed by atoms with Crippen molar-refractivity contribution in [2.45, 2.75) is 12.8 Å². The van der Waals surface area contributed by atoms with Crippen LogP contribution in [0.25, 0.3) is 80.4 Å². The summed E-state index contributed by atoms with van der Waals surface area (Å²) < 4.78 is 5.08. The third kappa shape index (κ3) is 4.08. The summed E-state index contributed by atoms with van der Waals surface area (Å²) in [5.41, 5.74) is 12.9. The molecule has 0 amide bonds. The van der Waals surface area contributed by atoms with Crippen molar-refractivity contribution < 1.29 is 0 Å². The molecule has 2 nitrogen and oxygen atoms in total. The van der Waals surface area contributed by atoms with E-state index < -0.39 is 0 Å². The van der Waals surface area contributed by atoms with Gasteiger partial charge in [0.25, 0.3) is 0 Å². The lowest BCUT2D eigenvalue weighted by atomic mass is 9.90. The van der Waals surface area contributed by atoms with Crippen LogP contribution in [0.5, 0.6) is 0 Å². The second-order valence-corrected chi connectivity index (χ2v) is 15.4. The Hall–Kier alpha value is -6.42. The number of anilines is 2. The van der Waals surface area contributed by atoms with Crippen LogP contribution in [0.2, 0.25) is 0 Å². The summed E-state index contributed by atoms with van der Waals surface area (Å²) >= 11 is 1.91. The van der Waals surface area contributed by atoms with E-state index in [-0.39, 0.29) is 0 Å². The average Bonchev–Trinajstić information content (AvgIpc) is 3.88. The van der Waals surface area contributed by atoms with Crippen LogP contribution in [0.15, 0.2) is 176 Å². The maximum atomic E-state index is 2.62. The van der Waals surface area contributed by atoms with E-state index in [4.69, 9.17) is 0 Å². The van der Waals surface area contributed by atoms with Crippen molar-refractivity contribution in [2.24, 2.45) is 0 Å². The van der Waals surface area contributed by atoms with Gasteiger partial charge in [-0.2, -0.15) is 0 Å². The fourth-order valence-corrected chi connectivity index (χ4v) is 10.6. The Morgan fingerprint density at radius 2 is 1.28 bits per heavy atom. The highest BCUT2D eigenvalue weighted by Gasteiger charge is 2.34. The third-order valence-corrected chi connectivity index (χ3v) is 12.7. The first-order valence-corrected chi connectivity index (χ1v) is 19.3. The number of fused-ring (bicyclic) bond motifs is 11. The number of rotatable bonds is 4. The predicted octanol–water partition coefficient (Wildman–Crippen LogP) is 14.2. The predicted molar refractivity (Wildman–Crippen MR) is 228 cm³/mol. The molecule has 12 rings (SSSR count). The molecule has 248 valence electrons. The molecule has 0 N–H and O–H groups in total. The van der Waals surface area contributed by atoms with Gasteiger partial charge < -0.3 is 9.47 Å². The molecule has 2 aliphatic rings. The first kappa shape index (κ1) is 29.2. The van der Waals surface area contributed by atoms with Crippen molar-refractivity contribution in [3.05, 3.63) is 187 Å². The Bertz CT molecular complexity index is 3230. The number of benzene rings is 8. The number of para-hydroxylation sites is 2. The number of allylic oxidation sites excluding steroid dienone is 4. The van der Waals surface area contributed by atoms with E-state index in [2.05, 4.69) is 179 Å². The second-order valence-electron chi connectivity index (χ2n) is 14.3. The number of nitrogens with zero attached hydrogens (tertiary/aromatic N) is 2. The molecular weight excluding hydrogens is 661 g/mol. The summed E-state index contributed by atoms with van der Waals surface area (Å²) in [6.45, 7) is 0. The summed E-state index contributed by atoms with van der Waals surface area (Å²) in [6.07, 6.45) is 4.44. The average molecular weight is 693 g/mol. The van der Waals surface area contributed by atoms with Crippen LogP contribution in [0.4, 0.5) is 11.4 Å². The van der Waals surface area contributed by atoms with Gasteiger partial charge in [-0.25, -0.2) is 0 Å². The van der Waals surface area contributed by atoms with Crippen LogP contribution < -0.4 is 4.90 Å². The molecule has 0 saturated carbocycles. The van der Waals surface area contributed by atoms with Gasteiger partial charge in [0.2, 0.25) is 0 Å². The summed E-state index contributed by atoms with van der Waals surface area (Å²) in [5.74, 6) is 0. The van der Waals surface area contributed by atoms with Gasteiger partial charge in [0.05, 0.1) is 21.4 Å². The normalized spacial score (nSPS) is 13.9. The Morgan fingerprint density at radius 1 is 0.547 bits per heavy atom. The van der Waals surface area contributed by atoms with Gasteiger partial charge in [0.1, 0.15) is 0 Å². The van der Waals surface area contributed by atoms with Gasteiger partial charge in [0, 0.05) is 48.9 Å². The topological polar surface area (TPSA) is 8.17 Å². The Morgan fingerprint density at radius 3 is 2.21 bits per heavy atom. The molecular formula is C50H32N2S. The molecule has 0 atom stereocenters. The lowest BCUT2D eigenvalue weighted by Gasteiger charge is -2.32. The quantitative estimate of drug-likeness (QED) is 0.167. The van der Waals surface area contributed by atoms with Crippen molar-refractivity contribution in [1.29, 1.82) is 0 Å². The Labute approximate surface area is 310 Å². The molecule has 2 aliphatic carbocycles. The molecule has 2 aromatic heterocycles. The maximum Gasteiger partial charge on any atom is 0.0637 e. The maximum absolute atomic E-state index is 2.62. The Kier molecular flexibility index (Phi) is 6.08.